The summed E-state index contributed by atoms with van der Waals surface area (Å²) in [6.07, 6.45) is 0.905. The number of aliphatic hydroxyl groups excluding tert-OH is 2. The summed E-state index contributed by atoms with van der Waals surface area (Å²) in [5.41, 5.74) is -4.67. The van der Waals surface area contributed by atoms with E-state index in [1.165, 1.54) is 0 Å². The molecular weight excluding hydrogens is 232 g/mol. The molecule has 0 radical (unpaired) electrons. The molecule has 2 fully saturated rings. The highest BCUT2D eigenvalue weighted by Gasteiger charge is 2.79. The zero-order valence-electron chi connectivity index (χ0n) is 11.8. The summed E-state index contributed by atoms with van der Waals surface area (Å²) in [7, 11) is 0. The molecule has 2 unspecified atom stereocenters. The van der Waals surface area contributed by atoms with Crippen LogP contribution in [0.25, 0.3) is 0 Å². The standard InChI is InChI=1S/C14H26O4/c1-11(2)10(16)12(3,4)14(11,18)13(17)8-6-5-7-9(13)15/h9-10,15-18H,5-8H2,1-4H3. The van der Waals surface area contributed by atoms with Crippen molar-refractivity contribution in [1.29, 1.82) is 0 Å². The molecule has 0 bridgehead atoms. The second-order valence-electron chi connectivity index (χ2n) is 7.24. The summed E-state index contributed by atoms with van der Waals surface area (Å²) in [5, 5.41) is 42.4. The van der Waals surface area contributed by atoms with Gasteiger partial charge in [-0.2, -0.15) is 0 Å². The highest BCUT2D eigenvalue weighted by Crippen LogP contribution is 2.67. The lowest BCUT2D eigenvalue weighted by Gasteiger charge is -2.73. The van der Waals surface area contributed by atoms with Crippen LogP contribution in [0.2, 0.25) is 0 Å². The fourth-order valence-electron chi connectivity index (χ4n) is 4.73. The van der Waals surface area contributed by atoms with Crippen LogP contribution >= 0.6 is 0 Å². The molecule has 0 spiro atoms. The van der Waals surface area contributed by atoms with Crippen molar-refractivity contribution in [3.05, 3.63) is 0 Å². The van der Waals surface area contributed by atoms with E-state index in [-0.39, 0.29) is 0 Å². The van der Waals surface area contributed by atoms with Gasteiger partial charge in [-0.1, -0.05) is 40.5 Å². The Balaban J connectivity index is 2.47. The smallest absolute Gasteiger partial charge is 0.120 e. The predicted molar refractivity (Wildman–Crippen MR) is 67.9 cm³/mol. The van der Waals surface area contributed by atoms with Gasteiger partial charge in [0.1, 0.15) is 11.2 Å². The van der Waals surface area contributed by atoms with E-state index in [4.69, 9.17) is 0 Å². The van der Waals surface area contributed by atoms with Crippen LogP contribution in [0.15, 0.2) is 0 Å². The van der Waals surface area contributed by atoms with Crippen molar-refractivity contribution in [1.82, 2.24) is 0 Å². The first-order valence-electron chi connectivity index (χ1n) is 6.84. The zero-order chi connectivity index (χ0) is 14.0. The Hall–Kier alpha value is -0.160. The lowest BCUT2D eigenvalue weighted by molar-refractivity contribution is -0.394. The van der Waals surface area contributed by atoms with Crippen molar-refractivity contribution in [2.24, 2.45) is 10.8 Å². The van der Waals surface area contributed by atoms with Crippen LogP contribution in [0.3, 0.4) is 0 Å². The molecule has 0 aliphatic heterocycles. The van der Waals surface area contributed by atoms with Crippen LogP contribution in [0.5, 0.6) is 0 Å². The molecule has 2 atom stereocenters. The molecule has 0 heterocycles. The third kappa shape index (κ3) is 1.25. The van der Waals surface area contributed by atoms with E-state index >= 15 is 0 Å². The number of hydrogen-bond donors (Lipinski definition) is 4. The van der Waals surface area contributed by atoms with Crippen molar-refractivity contribution in [3.63, 3.8) is 0 Å². The fourth-order valence-corrected chi connectivity index (χ4v) is 4.73. The van der Waals surface area contributed by atoms with Gasteiger partial charge in [-0.05, 0) is 12.8 Å². The first-order chi connectivity index (χ1) is 8.03. The van der Waals surface area contributed by atoms with Gasteiger partial charge >= 0.3 is 0 Å². The molecule has 18 heavy (non-hydrogen) atoms. The van der Waals surface area contributed by atoms with Crippen LogP contribution in [-0.2, 0) is 0 Å². The van der Waals surface area contributed by atoms with Gasteiger partial charge in [0.15, 0.2) is 0 Å². The molecule has 0 aromatic carbocycles. The molecule has 0 saturated heterocycles. The number of hydrogen-bond acceptors (Lipinski definition) is 4. The van der Waals surface area contributed by atoms with Gasteiger partial charge in [-0.15, -0.1) is 0 Å². The average molecular weight is 258 g/mol. The van der Waals surface area contributed by atoms with Crippen molar-refractivity contribution in [2.45, 2.75) is 76.8 Å². The van der Waals surface area contributed by atoms with E-state index in [9.17, 15) is 20.4 Å². The monoisotopic (exact) mass is 258 g/mol. The third-order valence-electron chi connectivity index (χ3n) is 5.70. The molecule has 4 heteroatoms. The molecule has 0 aromatic rings. The van der Waals surface area contributed by atoms with E-state index in [1.54, 1.807) is 27.7 Å². The van der Waals surface area contributed by atoms with Crippen molar-refractivity contribution in [3.8, 4) is 0 Å². The topological polar surface area (TPSA) is 80.9 Å². The summed E-state index contributed by atoms with van der Waals surface area (Å²) < 4.78 is 0. The van der Waals surface area contributed by atoms with Crippen molar-refractivity contribution >= 4 is 0 Å². The Morgan fingerprint density at radius 2 is 1.39 bits per heavy atom. The maximum atomic E-state index is 11.1. The minimum atomic E-state index is -1.53. The Kier molecular flexibility index (Phi) is 2.92. The van der Waals surface area contributed by atoms with E-state index in [2.05, 4.69) is 0 Å². The normalized spacial score (nSPS) is 50.7. The zero-order valence-corrected chi connectivity index (χ0v) is 11.8. The average Bonchev–Trinajstić information content (AvgIpc) is 2.30. The van der Waals surface area contributed by atoms with Crippen LogP contribution in [0.4, 0.5) is 0 Å². The third-order valence-corrected chi connectivity index (χ3v) is 5.70. The van der Waals surface area contributed by atoms with Gasteiger partial charge in [-0.25, -0.2) is 0 Å². The molecule has 4 nitrogen and oxygen atoms in total. The molecule has 106 valence electrons. The van der Waals surface area contributed by atoms with Crippen LogP contribution in [0, 0.1) is 10.8 Å². The summed E-state index contributed by atoms with van der Waals surface area (Å²) in [6, 6.07) is 0. The summed E-state index contributed by atoms with van der Waals surface area (Å²) >= 11 is 0. The Morgan fingerprint density at radius 3 is 1.83 bits per heavy atom. The largest absolute Gasteiger partial charge is 0.392 e. The maximum absolute atomic E-state index is 11.1. The first-order valence-corrected chi connectivity index (χ1v) is 6.84. The second-order valence-corrected chi connectivity index (χ2v) is 7.24. The van der Waals surface area contributed by atoms with Gasteiger partial charge in [0.25, 0.3) is 0 Å². The van der Waals surface area contributed by atoms with Gasteiger partial charge in [-0.3, -0.25) is 0 Å². The predicted octanol–water partition coefficient (Wildman–Crippen LogP) is 0.810. The number of rotatable bonds is 1. The van der Waals surface area contributed by atoms with E-state index in [0.29, 0.717) is 12.8 Å². The lowest BCUT2D eigenvalue weighted by Crippen LogP contribution is -2.86. The molecule has 2 saturated carbocycles. The van der Waals surface area contributed by atoms with Gasteiger partial charge in [0, 0.05) is 10.8 Å². The molecular formula is C14H26O4. The minimum Gasteiger partial charge on any atom is -0.392 e. The van der Waals surface area contributed by atoms with Crippen molar-refractivity contribution < 1.29 is 20.4 Å². The van der Waals surface area contributed by atoms with E-state index in [0.717, 1.165) is 12.8 Å². The fraction of sp³-hybridized carbons (Fsp3) is 1.00. The minimum absolute atomic E-state index is 0.379. The van der Waals surface area contributed by atoms with Crippen LogP contribution in [-0.4, -0.2) is 43.8 Å². The van der Waals surface area contributed by atoms with Gasteiger partial charge < -0.3 is 20.4 Å². The summed E-state index contributed by atoms with van der Waals surface area (Å²) in [6.45, 7) is 7.01. The van der Waals surface area contributed by atoms with Crippen molar-refractivity contribution in [2.75, 3.05) is 0 Å². The lowest BCUT2D eigenvalue weighted by atomic mass is 9.37. The van der Waals surface area contributed by atoms with E-state index < -0.39 is 34.2 Å². The summed E-state index contributed by atoms with van der Waals surface area (Å²) in [4.78, 5) is 0. The molecule has 2 aliphatic carbocycles. The Labute approximate surface area is 109 Å². The molecule has 2 aliphatic rings. The molecule has 4 N–H and O–H groups in total. The Morgan fingerprint density at radius 1 is 0.889 bits per heavy atom. The molecule has 0 amide bonds. The molecule has 0 aromatic heterocycles. The SMILES string of the molecule is CC1(C)C(O)C(C)(C)C1(O)C1(O)CCCCC1O. The van der Waals surface area contributed by atoms with Gasteiger partial charge in [0.2, 0.25) is 0 Å². The quantitative estimate of drug-likeness (QED) is 0.561. The highest BCUT2D eigenvalue weighted by atomic mass is 16.4. The van der Waals surface area contributed by atoms with Crippen LogP contribution < -0.4 is 0 Å². The first kappa shape index (κ1) is 14.3. The number of aliphatic hydroxyl groups is 4. The van der Waals surface area contributed by atoms with Gasteiger partial charge in [0.05, 0.1) is 12.2 Å². The van der Waals surface area contributed by atoms with Crippen LogP contribution in [0.1, 0.15) is 53.4 Å². The summed E-state index contributed by atoms with van der Waals surface area (Å²) in [5.74, 6) is 0. The highest BCUT2D eigenvalue weighted by molar-refractivity contribution is 5.29. The molecule has 2 rings (SSSR count). The Bertz CT molecular complexity index is 334. The second kappa shape index (κ2) is 3.69. The van der Waals surface area contributed by atoms with E-state index in [1.807, 2.05) is 0 Å². The maximum Gasteiger partial charge on any atom is 0.120 e.